The lowest BCUT2D eigenvalue weighted by atomic mass is 10.2. The Labute approximate surface area is 161 Å². The molecule has 0 aliphatic heterocycles. The van der Waals surface area contributed by atoms with Crippen molar-refractivity contribution in [3.63, 3.8) is 0 Å². The molecular weight excluding hydrogens is 390 g/mol. The second-order valence-corrected chi connectivity index (χ2v) is 6.61. The summed E-state index contributed by atoms with van der Waals surface area (Å²) in [4.78, 5) is 40.0. The molecule has 1 aromatic heterocycles. The van der Waals surface area contributed by atoms with Crippen molar-refractivity contribution in [2.24, 2.45) is 0 Å². The number of hydrogen-bond acceptors (Lipinski definition) is 5. The molecule has 3 aromatic rings. The van der Waals surface area contributed by atoms with Crippen molar-refractivity contribution in [2.75, 3.05) is 5.75 Å². The van der Waals surface area contributed by atoms with Crippen LogP contribution in [0, 0.1) is 11.6 Å². The molecule has 0 aliphatic carbocycles. The lowest BCUT2D eigenvalue weighted by Gasteiger charge is -2.14. The van der Waals surface area contributed by atoms with Crippen molar-refractivity contribution < 1.29 is 18.4 Å². The maximum absolute atomic E-state index is 14.3. The molecule has 1 heterocycles. The predicted octanol–water partition coefficient (Wildman–Crippen LogP) is 1.92. The largest absolute Gasteiger partial charge is 0.274 e. The van der Waals surface area contributed by atoms with Gasteiger partial charge in [-0.15, -0.1) is 0 Å². The van der Waals surface area contributed by atoms with E-state index in [1.54, 1.807) is 24.3 Å². The van der Waals surface area contributed by atoms with Gasteiger partial charge in [-0.2, -0.15) is 0 Å². The van der Waals surface area contributed by atoms with E-state index in [0.29, 0.717) is 11.6 Å². The van der Waals surface area contributed by atoms with Crippen LogP contribution in [0.15, 0.2) is 52.4 Å². The van der Waals surface area contributed by atoms with E-state index >= 15 is 0 Å². The Bertz CT molecular complexity index is 1130. The first-order valence-electron chi connectivity index (χ1n) is 8.02. The molecule has 10 heteroatoms. The quantitative estimate of drug-likeness (QED) is 0.394. The Hall–Kier alpha value is -3.27. The van der Waals surface area contributed by atoms with Gasteiger partial charge in [-0.25, -0.2) is 13.8 Å². The number of benzene rings is 2. The van der Waals surface area contributed by atoms with Crippen molar-refractivity contribution in [1.29, 1.82) is 0 Å². The molecule has 2 N–H and O–H groups in total. The number of carbonyl (C=O) groups excluding carboxylic acids is 2. The molecule has 0 fully saturated rings. The first-order valence-corrected chi connectivity index (χ1v) is 9.01. The summed E-state index contributed by atoms with van der Waals surface area (Å²) < 4.78 is 28.6. The van der Waals surface area contributed by atoms with Gasteiger partial charge in [-0.1, -0.05) is 23.9 Å². The van der Waals surface area contributed by atoms with Crippen LogP contribution < -0.4 is 16.4 Å². The Balaban J connectivity index is 2.06. The Morgan fingerprint density at radius 1 is 1.14 bits per heavy atom. The van der Waals surface area contributed by atoms with Gasteiger partial charge >= 0.3 is 0 Å². The van der Waals surface area contributed by atoms with Crippen LogP contribution in [0.1, 0.15) is 6.92 Å². The van der Waals surface area contributed by atoms with Crippen LogP contribution >= 0.6 is 11.8 Å². The average molecular weight is 404 g/mol. The summed E-state index contributed by atoms with van der Waals surface area (Å²) in [6, 6.07) is 9.31. The van der Waals surface area contributed by atoms with E-state index in [2.05, 4.69) is 15.8 Å². The van der Waals surface area contributed by atoms with Crippen molar-refractivity contribution in [3.05, 3.63) is 64.5 Å². The minimum atomic E-state index is -0.941. The van der Waals surface area contributed by atoms with Crippen molar-refractivity contribution in [1.82, 2.24) is 20.4 Å². The molecule has 7 nitrogen and oxygen atoms in total. The number of para-hydroxylation sites is 1. The van der Waals surface area contributed by atoms with Gasteiger partial charge in [0.25, 0.3) is 5.56 Å². The fourth-order valence-electron chi connectivity index (χ4n) is 2.41. The third-order valence-electron chi connectivity index (χ3n) is 3.61. The van der Waals surface area contributed by atoms with E-state index in [9.17, 15) is 23.2 Å². The highest BCUT2D eigenvalue weighted by atomic mass is 32.2. The number of nitrogens with zero attached hydrogens (tertiary/aromatic N) is 2. The highest BCUT2D eigenvalue weighted by molar-refractivity contribution is 7.99. The van der Waals surface area contributed by atoms with Crippen molar-refractivity contribution >= 4 is 34.5 Å². The number of hydrogen-bond donors (Lipinski definition) is 2. The Morgan fingerprint density at radius 2 is 1.89 bits per heavy atom. The minimum absolute atomic E-state index is 0.0483. The number of carbonyl (C=O) groups is 2. The number of rotatable bonds is 4. The van der Waals surface area contributed by atoms with E-state index in [-0.39, 0.29) is 22.0 Å². The van der Waals surface area contributed by atoms with Crippen LogP contribution in [0.5, 0.6) is 0 Å². The molecule has 0 bridgehead atoms. The van der Waals surface area contributed by atoms with Crippen LogP contribution in [0.3, 0.4) is 0 Å². The van der Waals surface area contributed by atoms with Gasteiger partial charge in [0.15, 0.2) is 5.16 Å². The fourth-order valence-corrected chi connectivity index (χ4v) is 3.21. The fraction of sp³-hybridized carbons (Fsp3) is 0.111. The van der Waals surface area contributed by atoms with E-state index in [1.165, 1.54) is 6.92 Å². The van der Waals surface area contributed by atoms with Crippen LogP contribution in [0.25, 0.3) is 16.6 Å². The monoisotopic (exact) mass is 404 g/mol. The molecule has 2 aromatic carbocycles. The minimum Gasteiger partial charge on any atom is -0.274 e. The molecule has 0 unspecified atom stereocenters. The van der Waals surface area contributed by atoms with Crippen LogP contribution in [0.2, 0.25) is 0 Å². The molecule has 28 heavy (non-hydrogen) atoms. The van der Waals surface area contributed by atoms with E-state index in [4.69, 9.17) is 0 Å². The van der Waals surface area contributed by atoms with Gasteiger partial charge in [-0.05, 0) is 24.3 Å². The molecule has 0 saturated carbocycles. The van der Waals surface area contributed by atoms with Crippen LogP contribution in [-0.4, -0.2) is 27.1 Å². The summed E-state index contributed by atoms with van der Waals surface area (Å²) in [6.07, 6.45) is 0. The Morgan fingerprint density at radius 3 is 2.61 bits per heavy atom. The SMILES string of the molecule is CC(=O)NNC(=O)CSc1nc2ccccc2c(=O)n1-c1ccc(F)cc1F. The number of fused-ring (bicyclic) bond motifs is 1. The van der Waals surface area contributed by atoms with Gasteiger partial charge in [0.05, 0.1) is 22.3 Å². The molecule has 0 aliphatic rings. The van der Waals surface area contributed by atoms with E-state index in [0.717, 1.165) is 28.5 Å². The van der Waals surface area contributed by atoms with Gasteiger partial charge in [0.2, 0.25) is 11.8 Å². The maximum Gasteiger partial charge on any atom is 0.266 e. The lowest BCUT2D eigenvalue weighted by molar-refractivity contribution is -0.126. The zero-order valence-corrected chi connectivity index (χ0v) is 15.3. The predicted molar refractivity (Wildman–Crippen MR) is 99.9 cm³/mol. The summed E-state index contributed by atoms with van der Waals surface area (Å²) in [7, 11) is 0. The maximum atomic E-state index is 14.3. The number of hydrazine groups is 1. The normalized spacial score (nSPS) is 10.7. The molecule has 144 valence electrons. The molecule has 0 saturated heterocycles. The number of aromatic nitrogens is 2. The van der Waals surface area contributed by atoms with Gasteiger partial charge in [0, 0.05) is 13.0 Å². The average Bonchev–Trinajstić information content (AvgIpc) is 2.66. The molecule has 2 amide bonds. The topological polar surface area (TPSA) is 93.1 Å². The first-order chi connectivity index (χ1) is 13.4. The standard InChI is InChI=1S/C18H14F2N4O3S/c1-10(25)22-23-16(26)9-28-18-21-14-5-3-2-4-12(14)17(27)24(18)15-7-6-11(19)8-13(15)20/h2-8H,9H2,1H3,(H,22,25)(H,23,26). The number of nitrogens with one attached hydrogen (secondary N) is 2. The highest BCUT2D eigenvalue weighted by Crippen LogP contribution is 2.23. The molecule has 0 spiro atoms. The lowest BCUT2D eigenvalue weighted by Crippen LogP contribution is -2.41. The van der Waals surface area contributed by atoms with Gasteiger partial charge in [-0.3, -0.25) is 29.8 Å². The van der Waals surface area contributed by atoms with Gasteiger partial charge < -0.3 is 0 Å². The number of thioether (sulfide) groups is 1. The summed E-state index contributed by atoms with van der Waals surface area (Å²) in [5.74, 6) is -2.93. The smallest absolute Gasteiger partial charge is 0.266 e. The summed E-state index contributed by atoms with van der Waals surface area (Å²) >= 11 is 0.872. The van der Waals surface area contributed by atoms with Gasteiger partial charge in [0.1, 0.15) is 11.6 Å². The summed E-state index contributed by atoms with van der Waals surface area (Å²) in [6.45, 7) is 1.23. The number of halogens is 2. The van der Waals surface area contributed by atoms with E-state index in [1.807, 2.05) is 0 Å². The Kier molecular flexibility index (Phi) is 5.69. The number of amides is 2. The molecule has 0 radical (unpaired) electrons. The first kappa shape index (κ1) is 19.5. The highest BCUT2D eigenvalue weighted by Gasteiger charge is 2.17. The third kappa shape index (κ3) is 4.17. The summed E-state index contributed by atoms with van der Waals surface area (Å²) in [5.41, 5.74) is 3.96. The zero-order chi connectivity index (χ0) is 20.3. The van der Waals surface area contributed by atoms with Crippen molar-refractivity contribution in [3.8, 4) is 5.69 Å². The second-order valence-electron chi connectivity index (χ2n) is 5.67. The van der Waals surface area contributed by atoms with Crippen LogP contribution in [0.4, 0.5) is 8.78 Å². The second kappa shape index (κ2) is 8.17. The van der Waals surface area contributed by atoms with Crippen molar-refractivity contribution in [2.45, 2.75) is 12.1 Å². The molecule has 0 atom stereocenters. The molecule has 3 rings (SSSR count). The zero-order valence-electron chi connectivity index (χ0n) is 14.5. The molecular formula is C18H14F2N4O3S. The third-order valence-corrected chi connectivity index (χ3v) is 4.54. The summed E-state index contributed by atoms with van der Waals surface area (Å²) in [5, 5.41) is 0.297. The van der Waals surface area contributed by atoms with E-state index < -0.39 is 29.0 Å². The van der Waals surface area contributed by atoms with Crippen LogP contribution in [-0.2, 0) is 9.59 Å².